The molecule has 3 heterocycles. The van der Waals surface area contributed by atoms with Crippen molar-refractivity contribution in [3.8, 4) is 5.75 Å². The number of benzene rings is 3. The van der Waals surface area contributed by atoms with Gasteiger partial charge in [-0.1, -0.05) is 60.7 Å². The third kappa shape index (κ3) is 6.39. The van der Waals surface area contributed by atoms with Gasteiger partial charge in [0.1, 0.15) is 11.6 Å². The second-order valence-corrected chi connectivity index (χ2v) is 11.1. The zero-order chi connectivity index (χ0) is 28.7. The minimum atomic E-state index is -0.338. The normalized spacial score (nSPS) is 15.9. The first-order chi connectivity index (χ1) is 20.7. The van der Waals surface area contributed by atoms with Gasteiger partial charge in [-0.15, -0.1) is 10.2 Å². The highest BCUT2D eigenvalue weighted by atomic mass is 16.5. The molecule has 3 aromatic carbocycles. The van der Waals surface area contributed by atoms with Gasteiger partial charge in [-0.25, -0.2) is 0 Å². The number of methoxy groups -OCH3 is 1. The number of hydrogen-bond acceptors (Lipinski definition) is 5. The maximum absolute atomic E-state index is 13.6. The average molecular weight is 563 g/mol. The number of aryl methyl sites for hydroxylation is 2. The predicted octanol–water partition coefficient (Wildman–Crippen LogP) is 5.00. The van der Waals surface area contributed by atoms with Gasteiger partial charge in [0, 0.05) is 36.5 Å². The molecule has 0 spiro atoms. The number of ether oxygens (including phenoxy) is 1. The Kier molecular flexibility index (Phi) is 8.61. The van der Waals surface area contributed by atoms with Crippen LogP contribution in [0.3, 0.4) is 0 Å². The summed E-state index contributed by atoms with van der Waals surface area (Å²) in [6.45, 7) is 2.26. The van der Waals surface area contributed by atoms with E-state index >= 15 is 0 Å². The lowest BCUT2D eigenvalue weighted by atomic mass is 9.97. The van der Waals surface area contributed by atoms with Crippen LogP contribution in [0.15, 0.2) is 85.1 Å². The molecule has 216 valence electrons. The number of amides is 1. The summed E-state index contributed by atoms with van der Waals surface area (Å²) in [6.07, 6.45) is 6.14. The molecule has 1 saturated heterocycles. The number of aromatic nitrogens is 4. The molecule has 0 saturated carbocycles. The minimum absolute atomic E-state index is 0.0558. The second-order valence-electron chi connectivity index (χ2n) is 11.1. The standard InChI is InChI=1S/C34H38N6O2/c1-42-28-16-13-25(14-17-28)23-40-32(18-15-24-8-3-2-4-9-24)38-39-33(40)31(37-34(41)26-10-7-19-35-21-26)20-27-22-36-30-12-6-5-11-29(27)30/h2-6,8-9,11-14,16-17,22,26,31,35-36H,7,10,15,18-21,23H2,1H3,(H,37,41)/t26-,31?/m1/s1. The van der Waals surface area contributed by atoms with Crippen molar-refractivity contribution in [3.05, 3.63) is 113 Å². The van der Waals surface area contributed by atoms with E-state index in [4.69, 9.17) is 14.9 Å². The number of aromatic amines is 1. The Hall–Kier alpha value is -4.43. The first kappa shape index (κ1) is 27.7. The fourth-order valence-corrected chi connectivity index (χ4v) is 5.87. The fraction of sp³-hybridized carbons (Fsp3) is 0.324. The second kappa shape index (κ2) is 13.0. The van der Waals surface area contributed by atoms with Gasteiger partial charge < -0.3 is 24.9 Å². The molecule has 42 heavy (non-hydrogen) atoms. The molecule has 8 heteroatoms. The van der Waals surface area contributed by atoms with E-state index in [1.54, 1.807) is 7.11 Å². The van der Waals surface area contributed by atoms with E-state index in [1.165, 1.54) is 5.56 Å². The number of piperidine rings is 1. The number of H-pyrrole nitrogens is 1. The Morgan fingerprint density at radius 1 is 1.00 bits per heavy atom. The topological polar surface area (TPSA) is 96.9 Å². The number of carbonyl (C=O) groups is 1. The third-order valence-corrected chi connectivity index (χ3v) is 8.23. The molecule has 8 nitrogen and oxygen atoms in total. The molecule has 1 fully saturated rings. The fourth-order valence-electron chi connectivity index (χ4n) is 5.87. The van der Waals surface area contributed by atoms with Crippen molar-refractivity contribution in [3.63, 3.8) is 0 Å². The average Bonchev–Trinajstić information content (AvgIpc) is 3.64. The van der Waals surface area contributed by atoms with Crippen LogP contribution in [0.25, 0.3) is 10.9 Å². The van der Waals surface area contributed by atoms with E-state index < -0.39 is 0 Å². The zero-order valence-electron chi connectivity index (χ0n) is 24.1. The van der Waals surface area contributed by atoms with E-state index in [9.17, 15) is 4.79 Å². The summed E-state index contributed by atoms with van der Waals surface area (Å²) < 4.78 is 7.58. The van der Waals surface area contributed by atoms with Crippen LogP contribution in [0.5, 0.6) is 5.75 Å². The van der Waals surface area contributed by atoms with Crippen molar-refractivity contribution in [2.75, 3.05) is 20.2 Å². The molecular formula is C34H38N6O2. The maximum atomic E-state index is 13.6. The van der Waals surface area contributed by atoms with Gasteiger partial charge >= 0.3 is 0 Å². The van der Waals surface area contributed by atoms with Crippen LogP contribution in [-0.2, 0) is 30.6 Å². The van der Waals surface area contributed by atoms with Crippen molar-refractivity contribution in [1.82, 2.24) is 30.4 Å². The molecule has 0 radical (unpaired) electrons. The van der Waals surface area contributed by atoms with Crippen molar-refractivity contribution < 1.29 is 9.53 Å². The predicted molar refractivity (Wildman–Crippen MR) is 164 cm³/mol. The quantitative estimate of drug-likeness (QED) is 0.211. The molecule has 2 aromatic heterocycles. The zero-order valence-corrected chi connectivity index (χ0v) is 24.1. The molecule has 0 bridgehead atoms. The van der Waals surface area contributed by atoms with Gasteiger partial charge in [-0.3, -0.25) is 4.79 Å². The number of nitrogens with zero attached hydrogens (tertiary/aromatic N) is 3. The van der Waals surface area contributed by atoms with E-state index in [0.717, 1.165) is 71.7 Å². The highest BCUT2D eigenvalue weighted by Crippen LogP contribution is 2.26. The number of hydrogen-bond donors (Lipinski definition) is 3. The van der Waals surface area contributed by atoms with Crippen LogP contribution in [0.2, 0.25) is 0 Å². The summed E-state index contributed by atoms with van der Waals surface area (Å²) in [4.78, 5) is 17.0. The Labute approximate surface area is 246 Å². The number of carbonyl (C=O) groups excluding carboxylic acids is 1. The van der Waals surface area contributed by atoms with Crippen LogP contribution in [-0.4, -0.2) is 45.9 Å². The largest absolute Gasteiger partial charge is 0.497 e. The maximum Gasteiger partial charge on any atom is 0.224 e. The molecular weight excluding hydrogens is 524 g/mol. The van der Waals surface area contributed by atoms with Crippen LogP contribution in [0.4, 0.5) is 0 Å². The Balaban J connectivity index is 1.36. The smallest absolute Gasteiger partial charge is 0.224 e. The lowest BCUT2D eigenvalue weighted by Gasteiger charge is -2.26. The number of para-hydroxylation sites is 1. The molecule has 3 N–H and O–H groups in total. The Morgan fingerprint density at radius 2 is 1.81 bits per heavy atom. The Morgan fingerprint density at radius 3 is 2.60 bits per heavy atom. The highest BCUT2D eigenvalue weighted by Gasteiger charge is 2.28. The van der Waals surface area contributed by atoms with Gasteiger partial charge in [0.05, 0.1) is 25.6 Å². The van der Waals surface area contributed by atoms with Crippen molar-refractivity contribution in [1.29, 1.82) is 0 Å². The summed E-state index contributed by atoms with van der Waals surface area (Å²) in [5, 5.41) is 17.4. The summed E-state index contributed by atoms with van der Waals surface area (Å²) in [6, 6.07) is 26.5. The number of fused-ring (bicyclic) bond motifs is 1. The van der Waals surface area contributed by atoms with Gasteiger partial charge in [0.2, 0.25) is 5.91 Å². The number of nitrogens with one attached hydrogen (secondary N) is 3. The van der Waals surface area contributed by atoms with Gasteiger partial charge in [-0.2, -0.15) is 0 Å². The monoisotopic (exact) mass is 562 g/mol. The van der Waals surface area contributed by atoms with Crippen molar-refractivity contribution in [2.24, 2.45) is 5.92 Å². The van der Waals surface area contributed by atoms with E-state index in [1.807, 2.05) is 30.5 Å². The van der Waals surface area contributed by atoms with Gasteiger partial charge in [-0.05, 0) is 60.7 Å². The molecule has 0 aliphatic carbocycles. The molecule has 2 atom stereocenters. The molecule has 1 amide bonds. The first-order valence-electron chi connectivity index (χ1n) is 14.8. The van der Waals surface area contributed by atoms with E-state index in [0.29, 0.717) is 19.5 Å². The van der Waals surface area contributed by atoms with Crippen molar-refractivity contribution >= 4 is 16.8 Å². The van der Waals surface area contributed by atoms with Crippen LogP contribution < -0.4 is 15.4 Å². The van der Waals surface area contributed by atoms with E-state index in [2.05, 4.69) is 74.8 Å². The SMILES string of the molecule is COc1ccc(Cn2c(CCc3ccccc3)nnc2C(Cc2c[nH]c3ccccc23)NC(=O)[C@@H]2CCCNC2)cc1. The molecule has 5 aromatic rings. The summed E-state index contributed by atoms with van der Waals surface area (Å²) in [5.74, 6) is 2.51. The summed E-state index contributed by atoms with van der Waals surface area (Å²) in [5.41, 5.74) is 4.60. The lowest BCUT2D eigenvalue weighted by Crippen LogP contribution is -2.42. The van der Waals surface area contributed by atoms with Crippen LogP contribution in [0, 0.1) is 5.92 Å². The van der Waals surface area contributed by atoms with Crippen molar-refractivity contribution in [2.45, 2.75) is 44.7 Å². The minimum Gasteiger partial charge on any atom is -0.497 e. The summed E-state index contributed by atoms with van der Waals surface area (Å²) >= 11 is 0. The van der Waals surface area contributed by atoms with E-state index in [-0.39, 0.29) is 17.9 Å². The van der Waals surface area contributed by atoms with Gasteiger partial charge in [0.25, 0.3) is 0 Å². The molecule has 1 aliphatic rings. The van der Waals surface area contributed by atoms with Crippen LogP contribution in [0.1, 0.15) is 47.2 Å². The summed E-state index contributed by atoms with van der Waals surface area (Å²) in [7, 11) is 1.68. The highest BCUT2D eigenvalue weighted by molar-refractivity contribution is 5.83. The molecule has 1 unspecified atom stereocenters. The molecule has 1 aliphatic heterocycles. The lowest BCUT2D eigenvalue weighted by molar-refractivity contribution is -0.126. The van der Waals surface area contributed by atoms with Gasteiger partial charge in [0.15, 0.2) is 5.82 Å². The molecule has 6 rings (SSSR count). The van der Waals surface area contributed by atoms with Crippen LogP contribution >= 0.6 is 0 Å². The third-order valence-electron chi connectivity index (χ3n) is 8.23. The number of rotatable bonds is 11. The first-order valence-corrected chi connectivity index (χ1v) is 14.8. The Bertz CT molecular complexity index is 1600.